The number of halogens is 3. The van der Waals surface area contributed by atoms with Crippen LogP contribution in [0.15, 0.2) is 4.08 Å². The maximum atomic E-state index is 7.23. The molecule has 1 N–H and O–H groups in total. The van der Waals surface area contributed by atoms with E-state index in [1.807, 2.05) is 13.8 Å². The minimum Gasteiger partial charge on any atom is -0.306 e. The van der Waals surface area contributed by atoms with Crippen LogP contribution in [0.25, 0.3) is 3.58 Å². The van der Waals surface area contributed by atoms with Crippen molar-refractivity contribution >= 4 is 77.8 Å². The molecule has 0 unspecified atom stereocenters. The molecule has 0 bridgehead atoms. The maximum Gasteiger partial charge on any atom is 0.115 e. The molecule has 70 valence electrons. The van der Waals surface area contributed by atoms with Crippen molar-refractivity contribution in [2.24, 2.45) is 0 Å². The predicted molar refractivity (Wildman–Crippen MR) is 80.3 cm³/mol. The summed E-state index contributed by atoms with van der Waals surface area (Å²) in [5.74, 6) is 0.918. The minimum absolute atomic E-state index is 0.726. The highest BCUT2D eigenvalue weighted by Gasteiger charge is 2.13. The van der Waals surface area contributed by atoms with Gasteiger partial charge in [0.2, 0.25) is 0 Å². The first-order chi connectivity index (χ1) is 6.11. The summed E-state index contributed by atoms with van der Waals surface area (Å²) in [5.41, 5.74) is 1.73. The Morgan fingerprint density at radius 1 is 1.62 bits per heavy atom. The van der Waals surface area contributed by atoms with Gasteiger partial charge in [-0.2, -0.15) is 0 Å². The number of hydrogen-bond acceptors (Lipinski definition) is 2. The third kappa shape index (κ3) is 2.43. The molecule has 13 heavy (non-hydrogen) atoms. The van der Waals surface area contributed by atoms with E-state index < -0.39 is 0 Å². The summed E-state index contributed by atoms with van der Waals surface area (Å²) < 4.78 is 5.05. The molecule has 0 spiro atoms. The van der Waals surface area contributed by atoms with Crippen molar-refractivity contribution in [3.05, 3.63) is 21.3 Å². The van der Waals surface area contributed by atoms with Gasteiger partial charge in [0, 0.05) is 9.79 Å². The van der Waals surface area contributed by atoms with Gasteiger partial charge < -0.3 is 5.41 Å². The number of hydrogen-bond donors (Lipinski definition) is 1. The van der Waals surface area contributed by atoms with E-state index >= 15 is 0 Å². The molecular weight excluding hydrogens is 507 g/mol. The van der Waals surface area contributed by atoms with Gasteiger partial charge in [0.1, 0.15) is 11.5 Å². The van der Waals surface area contributed by atoms with Gasteiger partial charge in [-0.1, -0.05) is 22.6 Å². The summed E-state index contributed by atoms with van der Waals surface area (Å²) in [6.45, 7) is 1.93. The third-order valence-corrected chi connectivity index (χ3v) is 5.28. The lowest BCUT2D eigenvalue weighted by atomic mass is 10.3. The molecule has 0 fully saturated rings. The summed E-state index contributed by atoms with van der Waals surface area (Å²) in [6, 6.07) is 0. The molecule has 3 nitrogen and oxygen atoms in total. The summed E-state index contributed by atoms with van der Waals surface area (Å²) in [5, 5.41) is 7.23. The van der Waals surface area contributed by atoms with Gasteiger partial charge in [0.25, 0.3) is 0 Å². The quantitative estimate of drug-likeness (QED) is 0.478. The first-order valence-electron chi connectivity index (χ1n) is 3.34. The van der Waals surface area contributed by atoms with Gasteiger partial charge in [-0.25, -0.2) is 4.98 Å². The zero-order chi connectivity index (χ0) is 10.0. The van der Waals surface area contributed by atoms with Crippen LogP contribution in [0.1, 0.15) is 17.2 Å². The van der Waals surface area contributed by atoms with Crippen molar-refractivity contribution in [2.45, 2.75) is 6.92 Å². The molecule has 0 amide bonds. The van der Waals surface area contributed by atoms with Gasteiger partial charge in [0.05, 0.1) is 28.6 Å². The summed E-state index contributed by atoms with van der Waals surface area (Å²) in [7, 11) is 0. The Bertz CT molecular complexity index is 367. The third-order valence-electron chi connectivity index (χ3n) is 1.46. The molecule has 1 rings (SSSR count). The van der Waals surface area contributed by atoms with Crippen molar-refractivity contribution in [3.63, 3.8) is 0 Å². The van der Waals surface area contributed by atoms with E-state index in [9.17, 15) is 0 Å². The van der Waals surface area contributed by atoms with E-state index in [0.717, 1.165) is 20.8 Å². The minimum atomic E-state index is 0.726. The van der Waals surface area contributed by atoms with E-state index in [0.29, 0.717) is 0 Å². The molecule has 0 radical (unpaired) electrons. The Kier molecular flexibility index (Phi) is 4.62. The molecule has 0 aliphatic rings. The van der Waals surface area contributed by atoms with Crippen molar-refractivity contribution in [1.29, 1.82) is 5.41 Å². The van der Waals surface area contributed by atoms with E-state index in [-0.39, 0.29) is 0 Å². The first kappa shape index (κ1) is 11.9. The normalized spacial score (nSPS) is 11.8. The summed E-state index contributed by atoms with van der Waals surface area (Å²) in [4.78, 5) is 4.26. The molecule has 1 aromatic rings. The van der Waals surface area contributed by atoms with Crippen molar-refractivity contribution in [1.82, 2.24) is 7.76 Å². The number of aryl methyl sites for hydroxylation is 1. The van der Waals surface area contributed by atoms with Gasteiger partial charge in [-0.05, 0) is 33.6 Å². The number of rotatable bonds is 2. The second-order valence-corrected chi connectivity index (χ2v) is 5.02. The average Bonchev–Trinajstić information content (AvgIpc) is 2.42. The van der Waals surface area contributed by atoms with E-state index in [2.05, 4.69) is 73.0 Å². The number of nitrogens with one attached hydrogen (secondary N) is 1. The molecule has 6 heteroatoms. The lowest BCUT2D eigenvalue weighted by Gasteiger charge is -1.99. The summed E-state index contributed by atoms with van der Waals surface area (Å²) >= 11 is 6.62. The smallest absolute Gasteiger partial charge is 0.115 e. The van der Waals surface area contributed by atoms with Gasteiger partial charge in [-0.3, -0.25) is 2.78 Å². The molecule has 0 atom stereocenters. The zero-order valence-electron chi connectivity index (χ0n) is 6.68. The number of imidazole rings is 1. The number of nitrogens with zero attached hydrogens (tertiary/aromatic N) is 2. The standard InChI is InChI=1S/C7H6I3N3/c1-4-12-6(3-11)7(13(4)10)5(9)2-8/h2-3,11H,1H3/b5-2+,11-3?. The SMILES string of the molecule is Cc1nc(C=N)c(/C(I)=C\I)n1I. The van der Waals surface area contributed by atoms with Crippen LogP contribution in [0.2, 0.25) is 0 Å². The molecule has 0 aromatic carbocycles. The van der Waals surface area contributed by atoms with Crippen molar-refractivity contribution < 1.29 is 0 Å². The predicted octanol–water partition coefficient (Wildman–Crippen LogP) is 3.56. The molecule has 0 saturated carbocycles. The second-order valence-electron chi connectivity index (χ2n) is 2.28. The molecule has 0 saturated heterocycles. The van der Waals surface area contributed by atoms with Crippen LogP contribution in [0.4, 0.5) is 0 Å². The van der Waals surface area contributed by atoms with Crippen LogP contribution in [0, 0.1) is 12.3 Å². The average molecular weight is 513 g/mol. The van der Waals surface area contributed by atoms with Crippen LogP contribution in [0.3, 0.4) is 0 Å². The zero-order valence-corrected chi connectivity index (χ0v) is 13.2. The van der Waals surface area contributed by atoms with E-state index in [1.165, 1.54) is 6.21 Å². The second kappa shape index (κ2) is 5.05. The molecule has 1 aromatic heterocycles. The molecule has 0 aliphatic heterocycles. The van der Waals surface area contributed by atoms with E-state index in [1.54, 1.807) is 0 Å². The van der Waals surface area contributed by atoms with Gasteiger partial charge >= 0.3 is 0 Å². The Hall–Kier alpha value is 0.810. The van der Waals surface area contributed by atoms with Gasteiger partial charge in [0.15, 0.2) is 0 Å². The van der Waals surface area contributed by atoms with Crippen LogP contribution < -0.4 is 0 Å². The highest BCUT2D eigenvalue weighted by atomic mass is 127. The molecular formula is C7H6I3N3. The fourth-order valence-corrected chi connectivity index (χ4v) is 2.79. The van der Waals surface area contributed by atoms with Gasteiger partial charge in [-0.15, -0.1) is 0 Å². The fraction of sp³-hybridized carbons (Fsp3) is 0.143. The molecule has 1 heterocycles. The highest BCUT2D eigenvalue weighted by Crippen LogP contribution is 2.28. The Labute approximate surface area is 118 Å². The van der Waals surface area contributed by atoms with Crippen LogP contribution in [0.5, 0.6) is 0 Å². The first-order valence-corrected chi connectivity index (χ1v) is 6.63. The largest absolute Gasteiger partial charge is 0.306 e. The highest BCUT2D eigenvalue weighted by molar-refractivity contribution is 14.1. The van der Waals surface area contributed by atoms with Crippen LogP contribution >= 0.6 is 68.0 Å². The fourth-order valence-electron chi connectivity index (χ4n) is 0.902. The molecule has 0 aliphatic carbocycles. The lowest BCUT2D eigenvalue weighted by molar-refractivity contribution is 1.12. The van der Waals surface area contributed by atoms with Crippen LogP contribution in [-0.4, -0.2) is 14.0 Å². The Morgan fingerprint density at radius 2 is 2.23 bits per heavy atom. The Morgan fingerprint density at radius 3 is 2.69 bits per heavy atom. The lowest BCUT2D eigenvalue weighted by Crippen LogP contribution is -1.90. The van der Waals surface area contributed by atoms with Crippen molar-refractivity contribution in [2.75, 3.05) is 0 Å². The van der Waals surface area contributed by atoms with Crippen LogP contribution in [-0.2, 0) is 0 Å². The number of aromatic nitrogens is 2. The maximum absolute atomic E-state index is 7.23. The van der Waals surface area contributed by atoms with Crippen molar-refractivity contribution in [3.8, 4) is 0 Å². The summed E-state index contributed by atoms with van der Waals surface area (Å²) in [6.07, 6.45) is 1.29. The Balaban J connectivity index is 3.40. The topological polar surface area (TPSA) is 41.7 Å². The monoisotopic (exact) mass is 513 g/mol. The van der Waals surface area contributed by atoms with E-state index in [4.69, 9.17) is 5.41 Å².